The molecule has 1 aromatic heterocycles. The quantitative estimate of drug-likeness (QED) is 0.793. The van der Waals surface area contributed by atoms with E-state index in [1.807, 2.05) is 5.38 Å². The first kappa shape index (κ1) is 12.5. The molecular weight excluding hydrogens is 286 g/mol. The lowest BCUT2D eigenvalue weighted by molar-refractivity contribution is 0.0177. The monoisotopic (exact) mass is 303 g/mol. The summed E-state index contributed by atoms with van der Waals surface area (Å²) in [5.74, 6) is 0. The third-order valence-electron chi connectivity index (χ3n) is 3.53. The van der Waals surface area contributed by atoms with Gasteiger partial charge in [0.1, 0.15) is 15.2 Å². The highest BCUT2D eigenvalue weighted by Gasteiger charge is 2.37. The van der Waals surface area contributed by atoms with Crippen LogP contribution in [0.3, 0.4) is 0 Å². The van der Waals surface area contributed by atoms with Crippen molar-refractivity contribution >= 4 is 27.3 Å². The minimum Gasteiger partial charge on any atom is -0.383 e. The van der Waals surface area contributed by atoms with Crippen molar-refractivity contribution in [3.05, 3.63) is 15.0 Å². The Hall–Kier alpha value is 0.0700. The Kier molecular flexibility index (Phi) is 3.44. The van der Waals surface area contributed by atoms with E-state index in [4.69, 9.17) is 0 Å². The molecule has 0 saturated heterocycles. The molecule has 0 aromatic carbocycles. The first-order chi connectivity index (χ1) is 7.41. The van der Waals surface area contributed by atoms with Crippen LogP contribution in [0.25, 0.3) is 0 Å². The molecule has 1 unspecified atom stereocenters. The van der Waals surface area contributed by atoms with Crippen molar-refractivity contribution < 1.29 is 5.11 Å². The van der Waals surface area contributed by atoms with Gasteiger partial charge in [0.2, 0.25) is 0 Å². The van der Waals surface area contributed by atoms with Crippen LogP contribution in [0, 0.1) is 5.41 Å². The fourth-order valence-electron chi connectivity index (χ4n) is 2.34. The van der Waals surface area contributed by atoms with E-state index in [9.17, 15) is 5.11 Å². The summed E-state index contributed by atoms with van der Waals surface area (Å²) in [6.07, 6.45) is 5.03. The van der Waals surface area contributed by atoms with Crippen molar-refractivity contribution in [2.45, 2.75) is 51.6 Å². The van der Waals surface area contributed by atoms with E-state index in [0.29, 0.717) is 5.41 Å². The van der Waals surface area contributed by atoms with Gasteiger partial charge in [0.05, 0.1) is 0 Å². The second-order valence-corrected chi connectivity index (χ2v) is 7.20. The summed E-state index contributed by atoms with van der Waals surface area (Å²) >= 11 is 4.91. The zero-order valence-electron chi connectivity index (χ0n) is 9.79. The minimum absolute atomic E-state index is 0.360. The van der Waals surface area contributed by atoms with Crippen LogP contribution in [-0.2, 0) is 5.60 Å². The molecule has 2 rings (SSSR count). The first-order valence-electron chi connectivity index (χ1n) is 5.75. The highest BCUT2D eigenvalue weighted by Crippen LogP contribution is 2.43. The van der Waals surface area contributed by atoms with E-state index in [0.717, 1.165) is 35.3 Å². The molecule has 1 aliphatic carbocycles. The number of thiazole rings is 1. The van der Waals surface area contributed by atoms with Crippen molar-refractivity contribution in [2.24, 2.45) is 5.41 Å². The zero-order chi connectivity index (χ0) is 11.8. The van der Waals surface area contributed by atoms with Crippen LogP contribution in [0.1, 0.15) is 51.0 Å². The number of nitrogens with zero attached hydrogens (tertiary/aromatic N) is 1. The SMILES string of the molecule is CC1(C)CCCC(O)(c2nc(Br)cs2)CC1. The van der Waals surface area contributed by atoms with Gasteiger partial charge >= 0.3 is 0 Å². The molecule has 1 atom stereocenters. The summed E-state index contributed by atoms with van der Waals surface area (Å²) in [7, 11) is 0. The molecule has 0 radical (unpaired) electrons. The molecule has 90 valence electrons. The lowest BCUT2D eigenvalue weighted by atomic mass is 9.84. The third kappa shape index (κ3) is 2.66. The summed E-state index contributed by atoms with van der Waals surface area (Å²) in [6.45, 7) is 4.58. The van der Waals surface area contributed by atoms with Crippen molar-refractivity contribution in [2.75, 3.05) is 0 Å². The van der Waals surface area contributed by atoms with E-state index < -0.39 is 5.60 Å². The normalized spacial score (nSPS) is 30.0. The number of hydrogen-bond donors (Lipinski definition) is 1. The van der Waals surface area contributed by atoms with Crippen molar-refractivity contribution in [3.63, 3.8) is 0 Å². The van der Waals surface area contributed by atoms with Gasteiger partial charge in [0.25, 0.3) is 0 Å². The molecular formula is C12H18BrNOS. The standard InChI is InChI=1S/C12H18BrNOS/c1-11(2)4-3-5-12(15,7-6-11)10-14-9(13)8-16-10/h8,15H,3-7H2,1-2H3. The highest BCUT2D eigenvalue weighted by molar-refractivity contribution is 9.10. The van der Waals surface area contributed by atoms with Crippen LogP contribution >= 0.6 is 27.3 Å². The lowest BCUT2D eigenvalue weighted by Gasteiger charge is -2.25. The van der Waals surface area contributed by atoms with Gasteiger partial charge in [-0.15, -0.1) is 11.3 Å². The topological polar surface area (TPSA) is 33.1 Å². The molecule has 4 heteroatoms. The molecule has 1 N–H and O–H groups in total. The molecule has 0 bridgehead atoms. The van der Waals surface area contributed by atoms with Crippen LogP contribution in [0.5, 0.6) is 0 Å². The summed E-state index contributed by atoms with van der Waals surface area (Å²) in [5, 5.41) is 13.5. The molecule has 0 spiro atoms. The average molecular weight is 304 g/mol. The summed E-state index contributed by atoms with van der Waals surface area (Å²) in [6, 6.07) is 0. The molecule has 16 heavy (non-hydrogen) atoms. The van der Waals surface area contributed by atoms with E-state index in [1.165, 1.54) is 6.42 Å². The Morgan fingerprint density at radius 2 is 2.06 bits per heavy atom. The largest absolute Gasteiger partial charge is 0.383 e. The van der Waals surface area contributed by atoms with Gasteiger partial charge in [-0.2, -0.15) is 0 Å². The number of rotatable bonds is 1. The number of aromatic nitrogens is 1. The van der Waals surface area contributed by atoms with Crippen molar-refractivity contribution in [3.8, 4) is 0 Å². The summed E-state index contributed by atoms with van der Waals surface area (Å²) in [4.78, 5) is 4.38. The van der Waals surface area contributed by atoms with Gasteiger partial charge in [-0.1, -0.05) is 13.8 Å². The average Bonchev–Trinajstić information content (AvgIpc) is 2.57. The van der Waals surface area contributed by atoms with Gasteiger partial charge in [-0.3, -0.25) is 0 Å². The van der Waals surface area contributed by atoms with E-state index in [-0.39, 0.29) is 0 Å². The fraction of sp³-hybridized carbons (Fsp3) is 0.750. The van der Waals surface area contributed by atoms with Gasteiger partial charge in [0.15, 0.2) is 0 Å². The van der Waals surface area contributed by atoms with Crippen LogP contribution in [0.15, 0.2) is 9.98 Å². The maximum Gasteiger partial charge on any atom is 0.126 e. The van der Waals surface area contributed by atoms with Crippen molar-refractivity contribution in [1.29, 1.82) is 0 Å². The van der Waals surface area contributed by atoms with Gasteiger partial charge in [0, 0.05) is 5.38 Å². The second kappa shape index (κ2) is 4.39. The molecule has 1 aromatic rings. The Morgan fingerprint density at radius 3 is 2.69 bits per heavy atom. The fourth-order valence-corrected chi connectivity index (χ4v) is 3.75. The van der Waals surface area contributed by atoms with Crippen LogP contribution in [0.4, 0.5) is 0 Å². The predicted octanol–water partition coefficient (Wildman–Crippen LogP) is 4.08. The van der Waals surface area contributed by atoms with Crippen LogP contribution < -0.4 is 0 Å². The Bertz CT molecular complexity index is 377. The molecule has 0 amide bonds. The minimum atomic E-state index is -0.690. The van der Waals surface area contributed by atoms with Crippen LogP contribution in [-0.4, -0.2) is 10.1 Å². The molecule has 2 nitrogen and oxygen atoms in total. The highest BCUT2D eigenvalue weighted by atomic mass is 79.9. The van der Waals surface area contributed by atoms with Gasteiger partial charge in [-0.25, -0.2) is 4.98 Å². The number of halogens is 1. The molecule has 0 aliphatic heterocycles. The Balaban J connectivity index is 2.19. The van der Waals surface area contributed by atoms with E-state index >= 15 is 0 Å². The predicted molar refractivity (Wildman–Crippen MR) is 70.6 cm³/mol. The van der Waals surface area contributed by atoms with E-state index in [2.05, 4.69) is 34.8 Å². The lowest BCUT2D eigenvalue weighted by Crippen LogP contribution is -2.25. The number of hydrogen-bond acceptors (Lipinski definition) is 3. The maximum atomic E-state index is 10.7. The van der Waals surface area contributed by atoms with Gasteiger partial charge < -0.3 is 5.11 Å². The third-order valence-corrected chi connectivity index (χ3v) is 5.28. The Labute approximate surface area is 109 Å². The van der Waals surface area contributed by atoms with Crippen LogP contribution in [0.2, 0.25) is 0 Å². The first-order valence-corrected chi connectivity index (χ1v) is 7.43. The molecule has 1 heterocycles. The zero-order valence-corrected chi connectivity index (χ0v) is 12.2. The maximum absolute atomic E-state index is 10.7. The second-order valence-electron chi connectivity index (χ2n) is 5.52. The Morgan fingerprint density at radius 1 is 1.31 bits per heavy atom. The smallest absolute Gasteiger partial charge is 0.126 e. The molecule has 1 saturated carbocycles. The van der Waals surface area contributed by atoms with Gasteiger partial charge in [-0.05, 0) is 53.4 Å². The molecule has 1 fully saturated rings. The summed E-state index contributed by atoms with van der Waals surface area (Å²) < 4.78 is 0.837. The summed E-state index contributed by atoms with van der Waals surface area (Å²) in [5.41, 5.74) is -0.330. The van der Waals surface area contributed by atoms with Crippen molar-refractivity contribution in [1.82, 2.24) is 4.98 Å². The van der Waals surface area contributed by atoms with E-state index in [1.54, 1.807) is 11.3 Å². The number of aliphatic hydroxyl groups is 1. The molecule has 1 aliphatic rings.